The second-order valence-electron chi connectivity index (χ2n) is 6.02. The van der Waals surface area contributed by atoms with E-state index in [2.05, 4.69) is 15.0 Å². The molecule has 2 aromatic carbocycles. The summed E-state index contributed by atoms with van der Waals surface area (Å²) in [5.74, 6) is -1.02. The number of hydrogen-bond donors (Lipinski definition) is 0. The van der Waals surface area contributed by atoms with E-state index >= 15 is 0 Å². The predicted octanol–water partition coefficient (Wildman–Crippen LogP) is 6.32. The Morgan fingerprint density at radius 3 is 1.75 bits per heavy atom. The van der Waals surface area contributed by atoms with Crippen LogP contribution in [0.5, 0.6) is 5.75 Å². The normalized spacial score (nSPS) is 11.8. The Bertz CT molecular complexity index is 1130. The highest BCUT2D eigenvalue weighted by Gasteiger charge is 2.34. The molecule has 0 aliphatic heterocycles. The van der Waals surface area contributed by atoms with Crippen LogP contribution in [0.15, 0.2) is 48.5 Å². The SMILES string of the molecule is O=C(Oc1ccc([N+](=O)[O-])cc1)c1ccc(-c2nc(C(Cl)(Cl)Cl)nc(C(Cl)(Cl)Cl)n2)cc1. The number of alkyl halides is 6. The number of nitro benzene ring substituents is 1. The van der Waals surface area contributed by atoms with E-state index in [0.29, 0.717) is 5.56 Å². The van der Waals surface area contributed by atoms with Crippen LogP contribution in [-0.4, -0.2) is 25.8 Å². The van der Waals surface area contributed by atoms with Crippen molar-refractivity contribution >= 4 is 81.3 Å². The highest BCUT2D eigenvalue weighted by atomic mass is 35.6. The van der Waals surface area contributed by atoms with Crippen molar-refractivity contribution in [2.24, 2.45) is 0 Å². The molecular weight excluding hydrogens is 549 g/mol. The summed E-state index contributed by atoms with van der Waals surface area (Å²) in [6.07, 6.45) is 0. The maximum Gasteiger partial charge on any atom is 0.343 e. The number of non-ortho nitro benzene ring substituents is 1. The lowest BCUT2D eigenvalue weighted by atomic mass is 10.1. The van der Waals surface area contributed by atoms with Crippen molar-refractivity contribution in [1.29, 1.82) is 0 Å². The Kier molecular flexibility index (Phi) is 7.34. The van der Waals surface area contributed by atoms with Crippen LogP contribution < -0.4 is 4.74 Å². The minimum absolute atomic E-state index is 0.0398. The Balaban J connectivity index is 1.86. The van der Waals surface area contributed by atoms with Crippen LogP contribution in [0.4, 0.5) is 5.69 Å². The lowest BCUT2D eigenvalue weighted by Crippen LogP contribution is -2.16. The van der Waals surface area contributed by atoms with Gasteiger partial charge in [-0.1, -0.05) is 81.7 Å². The average molecular weight is 557 g/mol. The van der Waals surface area contributed by atoms with Gasteiger partial charge in [-0.25, -0.2) is 19.7 Å². The third-order valence-corrected chi connectivity index (χ3v) is 4.79. The van der Waals surface area contributed by atoms with Gasteiger partial charge >= 0.3 is 5.97 Å². The summed E-state index contributed by atoms with van der Waals surface area (Å²) < 4.78 is 1.19. The molecule has 3 aromatic rings. The molecule has 0 radical (unpaired) electrons. The van der Waals surface area contributed by atoms with Crippen molar-refractivity contribution in [3.63, 3.8) is 0 Å². The molecule has 0 N–H and O–H groups in total. The molecule has 0 fully saturated rings. The zero-order chi connectivity index (χ0) is 23.7. The number of halogens is 6. The van der Waals surface area contributed by atoms with Crippen molar-refractivity contribution < 1.29 is 14.5 Å². The summed E-state index contributed by atoms with van der Waals surface area (Å²) in [7, 11) is 0. The number of ether oxygens (including phenoxy) is 1. The molecule has 0 unspecified atom stereocenters. The lowest BCUT2D eigenvalue weighted by Gasteiger charge is -2.15. The highest BCUT2D eigenvalue weighted by Crippen LogP contribution is 2.40. The first-order chi connectivity index (χ1) is 14.8. The van der Waals surface area contributed by atoms with Crippen molar-refractivity contribution in [1.82, 2.24) is 15.0 Å². The third kappa shape index (κ3) is 6.10. The molecule has 0 saturated heterocycles. The largest absolute Gasteiger partial charge is 0.423 e. The van der Waals surface area contributed by atoms with Gasteiger partial charge in [0.1, 0.15) is 5.75 Å². The summed E-state index contributed by atoms with van der Waals surface area (Å²) in [6, 6.07) is 11.0. The topological polar surface area (TPSA) is 108 Å². The smallest absolute Gasteiger partial charge is 0.343 e. The fourth-order valence-electron chi connectivity index (χ4n) is 2.32. The van der Waals surface area contributed by atoms with Gasteiger partial charge in [-0.15, -0.1) is 0 Å². The zero-order valence-electron chi connectivity index (χ0n) is 15.3. The van der Waals surface area contributed by atoms with Gasteiger partial charge in [0.15, 0.2) is 17.5 Å². The molecule has 3 rings (SSSR count). The van der Waals surface area contributed by atoms with Crippen LogP contribution in [0.25, 0.3) is 11.4 Å². The maximum atomic E-state index is 12.3. The fraction of sp³-hybridized carbons (Fsp3) is 0.111. The van der Waals surface area contributed by atoms with E-state index in [0.717, 1.165) is 0 Å². The first-order valence-electron chi connectivity index (χ1n) is 8.32. The number of nitro groups is 1. The average Bonchev–Trinajstić information content (AvgIpc) is 2.72. The molecule has 14 heteroatoms. The van der Waals surface area contributed by atoms with Crippen molar-refractivity contribution in [2.75, 3.05) is 0 Å². The summed E-state index contributed by atoms with van der Waals surface area (Å²) in [5.41, 5.74) is 0.463. The van der Waals surface area contributed by atoms with Gasteiger partial charge in [-0.05, 0) is 24.3 Å². The number of carbonyl (C=O) groups excluding carboxylic acids is 1. The maximum absolute atomic E-state index is 12.3. The molecule has 32 heavy (non-hydrogen) atoms. The molecule has 0 bridgehead atoms. The first-order valence-corrected chi connectivity index (χ1v) is 10.6. The Morgan fingerprint density at radius 2 is 1.31 bits per heavy atom. The summed E-state index contributed by atoms with van der Waals surface area (Å²) >= 11 is 35.2. The molecule has 0 aliphatic rings. The second-order valence-corrected chi connectivity index (χ2v) is 10.6. The quantitative estimate of drug-likeness (QED) is 0.122. The fourth-order valence-corrected chi connectivity index (χ4v) is 2.82. The van der Waals surface area contributed by atoms with Gasteiger partial charge in [-0.3, -0.25) is 10.1 Å². The van der Waals surface area contributed by atoms with E-state index in [1.807, 2.05) is 0 Å². The molecule has 1 heterocycles. The highest BCUT2D eigenvalue weighted by molar-refractivity contribution is 6.67. The number of hydrogen-bond acceptors (Lipinski definition) is 7. The van der Waals surface area contributed by atoms with Gasteiger partial charge in [0.05, 0.1) is 10.5 Å². The standard InChI is InChI=1S/C18H8Cl6N4O4/c19-17(20,21)15-25-13(26-16(27-15)18(22,23)24)9-1-3-10(4-2-9)14(29)32-12-7-5-11(6-8-12)28(30)31/h1-8H. The second kappa shape index (κ2) is 9.51. The van der Waals surface area contributed by atoms with E-state index in [1.165, 1.54) is 48.5 Å². The number of aromatic nitrogens is 3. The molecule has 1 aromatic heterocycles. The number of esters is 1. The molecule has 0 atom stereocenters. The number of nitrogens with zero attached hydrogens (tertiary/aromatic N) is 4. The van der Waals surface area contributed by atoms with Gasteiger partial charge < -0.3 is 4.74 Å². The molecule has 0 amide bonds. The van der Waals surface area contributed by atoms with Gasteiger partial charge in [0.25, 0.3) is 5.69 Å². The summed E-state index contributed by atoms with van der Waals surface area (Å²) in [6.45, 7) is 0. The van der Waals surface area contributed by atoms with Crippen LogP contribution in [0.3, 0.4) is 0 Å². The molecule has 0 spiro atoms. The molecular formula is C18H8Cl6N4O4. The van der Waals surface area contributed by atoms with Crippen LogP contribution in [0, 0.1) is 10.1 Å². The van der Waals surface area contributed by atoms with E-state index in [9.17, 15) is 14.9 Å². The minimum atomic E-state index is -2.00. The van der Waals surface area contributed by atoms with Gasteiger partial charge in [-0.2, -0.15) is 0 Å². The third-order valence-electron chi connectivity index (χ3n) is 3.78. The monoisotopic (exact) mass is 554 g/mol. The Hall–Kier alpha value is -1.94. The number of rotatable bonds is 4. The molecule has 0 aliphatic carbocycles. The summed E-state index contributed by atoms with van der Waals surface area (Å²) in [4.78, 5) is 34.5. The minimum Gasteiger partial charge on any atom is -0.423 e. The number of carbonyl (C=O) groups is 1. The van der Waals surface area contributed by atoms with Crippen molar-refractivity contribution in [3.8, 4) is 17.1 Å². The number of benzene rings is 2. The zero-order valence-corrected chi connectivity index (χ0v) is 19.8. The van der Waals surface area contributed by atoms with Crippen molar-refractivity contribution in [3.05, 3.63) is 75.9 Å². The van der Waals surface area contributed by atoms with Crippen LogP contribution in [-0.2, 0) is 7.59 Å². The molecule has 8 nitrogen and oxygen atoms in total. The first kappa shape index (κ1) is 24.7. The van der Waals surface area contributed by atoms with Gasteiger partial charge in [0, 0.05) is 17.7 Å². The summed E-state index contributed by atoms with van der Waals surface area (Å²) in [5, 5.41) is 10.7. The van der Waals surface area contributed by atoms with Gasteiger partial charge in [0.2, 0.25) is 7.59 Å². The predicted molar refractivity (Wildman–Crippen MR) is 122 cm³/mol. The van der Waals surface area contributed by atoms with Crippen LogP contribution in [0.1, 0.15) is 22.0 Å². The lowest BCUT2D eigenvalue weighted by molar-refractivity contribution is -0.384. The molecule has 166 valence electrons. The van der Waals surface area contributed by atoms with Crippen molar-refractivity contribution in [2.45, 2.75) is 7.59 Å². The Labute approximate surface area is 210 Å². The molecule has 0 saturated carbocycles. The Morgan fingerprint density at radius 1 is 0.812 bits per heavy atom. The van der Waals surface area contributed by atoms with Crippen LogP contribution in [0.2, 0.25) is 0 Å². The van der Waals surface area contributed by atoms with E-state index in [1.54, 1.807) is 0 Å². The van der Waals surface area contributed by atoms with Crippen LogP contribution >= 0.6 is 69.6 Å². The van der Waals surface area contributed by atoms with E-state index in [4.69, 9.17) is 74.3 Å². The van der Waals surface area contributed by atoms with E-state index < -0.39 is 18.5 Å². The van der Waals surface area contributed by atoms with E-state index in [-0.39, 0.29) is 34.5 Å².